The van der Waals surface area contributed by atoms with E-state index in [1.54, 1.807) is 0 Å². The lowest BCUT2D eigenvalue weighted by molar-refractivity contribution is -0.119. The molecule has 20 heavy (non-hydrogen) atoms. The zero-order valence-corrected chi connectivity index (χ0v) is 12.8. The number of thiophene rings is 1. The first-order valence-corrected chi connectivity index (χ1v) is 8.11. The first kappa shape index (κ1) is 15.0. The molecule has 4 nitrogen and oxygen atoms in total. The summed E-state index contributed by atoms with van der Waals surface area (Å²) in [6.07, 6.45) is 5.96. The maximum Gasteiger partial charge on any atom is 0.263 e. The molecular weight excluding hydrogens is 272 g/mol. The van der Waals surface area contributed by atoms with Crippen LogP contribution in [-0.2, 0) is 11.3 Å². The van der Waals surface area contributed by atoms with Gasteiger partial charge in [-0.15, -0.1) is 11.3 Å². The van der Waals surface area contributed by atoms with Gasteiger partial charge in [0.1, 0.15) is 0 Å². The summed E-state index contributed by atoms with van der Waals surface area (Å²) in [6, 6.07) is 3.81. The quantitative estimate of drug-likeness (QED) is 0.932. The van der Waals surface area contributed by atoms with E-state index >= 15 is 0 Å². The molecule has 2 amide bonds. The van der Waals surface area contributed by atoms with Crippen molar-refractivity contribution in [3.8, 4) is 0 Å². The van der Waals surface area contributed by atoms with Crippen LogP contribution in [0.15, 0.2) is 12.1 Å². The van der Waals surface area contributed by atoms with Crippen LogP contribution in [0.1, 0.15) is 53.6 Å². The van der Waals surface area contributed by atoms with Gasteiger partial charge in [0.05, 0.1) is 11.4 Å². The minimum atomic E-state index is -0.0463. The molecule has 1 aromatic rings. The second-order valence-corrected chi connectivity index (χ2v) is 6.40. The molecule has 1 aromatic heterocycles. The maximum absolute atomic E-state index is 12.5. The van der Waals surface area contributed by atoms with Crippen LogP contribution in [-0.4, -0.2) is 29.8 Å². The monoisotopic (exact) mass is 294 g/mol. The Labute approximate surface area is 124 Å². The highest BCUT2D eigenvalue weighted by molar-refractivity contribution is 7.14. The zero-order valence-electron chi connectivity index (χ0n) is 12.0. The van der Waals surface area contributed by atoms with Gasteiger partial charge in [-0.1, -0.05) is 19.3 Å². The standard InChI is InChI=1S/C15H22N2O2S/c1-12(18)16-11-13-7-8-14(20-13)15(19)17-9-5-3-2-4-6-10-17/h7-8H,2-6,9-11H2,1H3,(H,16,18). The Bertz CT molecular complexity index is 462. The largest absolute Gasteiger partial charge is 0.351 e. The number of nitrogens with one attached hydrogen (secondary N) is 1. The number of amides is 2. The van der Waals surface area contributed by atoms with Crippen molar-refractivity contribution >= 4 is 23.2 Å². The van der Waals surface area contributed by atoms with E-state index in [-0.39, 0.29) is 11.8 Å². The van der Waals surface area contributed by atoms with Gasteiger partial charge in [-0.25, -0.2) is 0 Å². The fraction of sp³-hybridized carbons (Fsp3) is 0.600. The van der Waals surface area contributed by atoms with Gasteiger partial charge < -0.3 is 10.2 Å². The first-order chi connectivity index (χ1) is 9.66. The van der Waals surface area contributed by atoms with Crippen LogP contribution in [0, 0.1) is 0 Å². The van der Waals surface area contributed by atoms with Gasteiger partial charge in [0.2, 0.25) is 5.91 Å². The average molecular weight is 294 g/mol. The normalized spacial score (nSPS) is 16.4. The predicted octanol–water partition coefficient (Wildman–Crippen LogP) is 2.79. The Morgan fingerprint density at radius 3 is 2.45 bits per heavy atom. The first-order valence-electron chi connectivity index (χ1n) is 7.29. The van der Waals surface area contributed by atoms with Crippen LogP contribution in [0.2, 0.25) is 0 Å². The van der Waals surface area contributed by atoms with Gasteiger partial charge in [0.25, 0.3) is 5.91 Å². The topological polar surface area (TPSA) is 49.4 Å². The molecule has 1 N–H and O–H groups in total. The van der Waals surface area contributed by atoms with Crippen LogP contribution in [0.5, 0.6) is 0 Å². The lowest BCUT2D eigenvalue weighted by atomic mass is 10.1. The van der Waals surface area contributed by atoms with Gasteiger partial charge >= 0.3 is 0 Å². The van der Waals surface area contributed by atoms with Crippen LogP contribution in [0.25, 0.3) is 0 Å². The lowest BCUT2D eigenvalue weighted by Crippen LogP contribution is -2.33. The van der Waals surface area contributed by atoms with Gasteiger partial charge in [0, 0.05) is 24.9 Å². The zero-order chi connectivity index (χ0) is 14.4. The van der Waals surface area contributed by atoms with Crippen molar-refractivity contribution in [3.05, 3.63) is 21.9 Å². The highest BCUT2D eigenvalue weighted by Crippen LogP contribution is 2.20. The number of likely N-dealkylation sites (tertiary alicyclic amines) is 1. The Morgan fingerprint density at radius 2 is 1.80 bits per heavy atom. The number of nitrogens with zero attached hydrogens (tertiary/aromatic N) is 1. The number of carbonyl (C=O) groups excluding carboxylic acids is 2. The molecule has 0 saturated carbocycles. The summed E-state index contributed by atoms with van der Waals surface area (Å²) in [5, 5.41) is 2.76. The molecule has 0 bridgehead atoms. The molecule has 110 valence electrons. The number of carbonyl (C=O) groups is 2. The number of rotatable bonds is 3. The molecule has 1 aliphatic rings. The summed E-state index contributed by atoms with van der Waals surface area (Å²) in [7, 11) is 0. The van der Waals surface area contributed by atoms with E-state index in [1.807, 2.05) is 17.0 Å². The van der Waals surface area contributed by atoms with E-state index in [0.717, 1.165) is 35.7 Å². The van der Waals surface area contributed by atoms with E-state index in [4.69, 9.17) is 0 Å². The van der Waals surface area contributed by atoms with Crippen LogP contribution >= 0.6 is 11.3 Å². The molecule has 2 heterocycles. The summed E-state index contributed by atoms with van der Waals surface area (Å²) in [5.41, 5.74) is 0. The summed E-state index contributed by atoms with van der Waals surface area (Å²) in [4.78, 5) is 27.1. The molecule has 0 aliphatic carbocycles. The molecule has 0 radical (unpaired) electrons. The summed E-state index contributed by atoms with van der Waals surface area (Å²) >= 11 is 1.48. The molecule has 5 heteroatoms. The summed E-state index contributed by atoms with van der Waals surface area (Å²) in [5.74, 6) is 0.0982. The Kier molecular flexibility index (Phi) is 5.59. The Balaban J connectivity index is 1.95. The average Bonchev–Trinajstić information content (AvgIpc) is 2.84. The van der Waals surface area contributed by atoms with Gasteiger partial charge in [-0.3, -0.25) is 9.59 Å². The molecule has 1 fully saturated rings. The van der Waals surface area contributed by atoms with Gasteiger partial charge in [-0.2, -0.15) is 0 Å². The minimum absolute atomic E-state index is 0.0463. The highest BCUT2D eigenvalue weighted by atomic mass is 32.1. The van der Waals surface area contributed by atoms with Crippen molar-refractivity contribution < 1.29 is 9.59 Å². The molecule has 0 atom stereocenters. The second-order valence-electron chi connectivity index (χ2n) is 5.24. The SMILES string of the molecule is CC(=O)NCc1ccc(C(=O)N2CCCCCCC2)s1. The van der Waals surface area contributed by atoms with E-state index in [2.05, 4.69) is 5.32 Å². The Hall–Kier alpha value is -1.36. The summed E-state index contributed by atoms with van der Waals surface area (Å²) in [6.45, 7) is 3.75. The van der Waals surface area contributed by atoms with Crippen LogP contribution in [0.4, 0.5) is 0 Å². The number of hydrogen-bond donors (Lipinski definition) is 1. The summed E-state index contributed by atoms with van der Waals surface area (Å²) < 4.78 is 0. The number of hydrogen-bond acceptors (Lipinski definition) is 3. The van der Waals surface area contributed by atoms with Crippen LogP contribution in [0.3, 0.4) is 0 Å². The van der Waals surface area contributed by atoms with Gasteiger partial charge in [0.15, 0.2) is 0 Å². The highest BCUT2D eigenvalue weighted by Gasteiger charge is 2.18. The molecule has 0 aromatic carbocycles. The molecular formula is C15H22N2O2S. The smallest absolute Gasteiger partial charge is 0.263 e. The van der Waals surface area contributed by atoms with E-state index in [1.165, 1.54) is 37.5 Å². The molecule has 1 saturated heterocycles. The fourth-order valence-electron chi connectivity index (χ4n) is 2.41. The van der Waals surface area contributed by atoms with E-state index < -0.39 is 0 Å². The van der Waals surface area contributed by atoms with Crippen molar-refractivity contribution in [2.75, 3.05) is 13.1 Å². The van der Waals surface area contributed by atoms with Gasteiger partial charge in [-0.05, 0) is 25.0 Å². The second kappa shape index (κ2) is 7.43. The maximum atomic E-state index is 12.5. The van der Waals surface area contributed by atoms with Crippen molar-refractivity contribution in [1.82, 2.24) is 10.2 Å². The lowest BCUT2D eigenvalue weighted by Gasteiger charge is -2.24. The fourth-order valence-corrected chi connectivity index (χ4v) is 3.32. The molecule has 0 spiro atoms. The third-order valence-corrected chi connectivity index (χ3v) is 4.60. The van der Waals surface area contributed by atoms with Crippen molar-refractivity contribution in [3.63, 3.8) is 0 Å². The predicted molar refractivity (Wildman–Crippen MR) is 80.8 cm³/mol. The third-order valence-electron chi connectivity index (χ3n) is 3.53. The van der Waals surface area contributed by atoms with Crippen molar-refractivity contribution in [1.29, 1.82) is 0 Å². The minimum Gasteiger partial charge on any atom is -0.351 e. The molecule has 0 unspecified atom stereocenters. The van der Waals surface area contributed by atoms with Crippen LogP contribution < -0.4 is 5.32 Å². The molecule has 2 rings (SSSR count). The van der Waals surface area contributed by atoms with Crippen molar-refractivity contribution in [2.45, 2.75) is 45.6 Å². The van der Waals surface area contributed by atoms with E-state index in [9.17, 15) is 9.59 Å². The third kappa shape index (κ3) is 4.34. The van der Waals surface area contributed by atoms with Crippen molar-refractivity contribution in [2.24, 2.45) is 0 Å². The van der Waals surface area contributed by atoms with E-state index in [0.29, 0.717) is 6.54 Å². The Morgan fingerprint density at radius 1 is 1.15 bits per heavy atom. The molecule has 1 aliphatic heterocycles.